The molecule has 0 saturated heterocycles. The highest BCUT2D eigenvalue weighted by Crippen LogP contribution is 2.25. The lowest BCUT2D eigenvalue weighted by atomic mass is 10.1. The summed E-state index contributed by atoms with van der Waals surface area (Å²) in [6.07, 6.45) is 0. The number of nitrogens with zero attached hydrogens (tertiary/aromatic N) is 5. The van der Waals surface area contributed by atoms with Gasteiger partial charge in [-0.3, -0.25) is 0 Å². The smallest absolute Gasteiger partial charge is 0.0997 e. The summed E-state index contributed by atoms with van der Waals surface area (Å²) in [6, 6.07) is 6.78. The summed E-state index contributed by atoms with van der Waals surface area (Å²) in [5.41, 5.74) is 9.79. The molecule has 0 spiro atoms. The van der Waals surface area contributed by atoms with Crippen molar-refractivity contribution in [3.63, 3.8) is 0 Å². The van der Waals surface area contributed by atoms with Crippen molar-refractivity contribution in [3.05, 3.63) is 39.3 Å². The van der Waals surface area contributed by atoms with Crippen molar-refractivity contribution in [2.24, 2.45) is 5.11 Å². The second-order valence-electron chi connectivity index (χ2n) is 2.60. The molecule has 0 fully saturated rings. The minimum atomic E-state index is 0.222. The molecule has 1 aromatic carbocycles. The Morgan fingerprint density at radius 1 is 1.36 bits per heavy atom. The summed E-state index contributed by atoms with van der Waals surface area (Å²) in [6.45, 7) is 1.69. The zero-order valence-electron chi connectivity index (χ0n) is 7.39. The van der Waals surface area contributed by atoms with Crippen molar-refractivity contribution in [3.8, 4) is 12.1 Å². The summed E-state index contributed by atoms with van der Waals surface area (Å²) in [4.78, 5) is 2.62. The van der Waals surface area contributed by atoms with Crippen LogP contribution in [0.1, 0.15) is 16.7 Å². The maximum atomic E-state index is 8.75. The first-order chi connectivity index (χ1) is 6.72. The molecule has 0 aliphatic heterocycles. The highest BCUT2D eigenvalue weighted by molar-refractivity contribution is 5.61. The molecule has 5 heteroatoms. The Morgan fingerprint density at radius 2 is 2.07 bits per heavy atom. The van der Waals surface area contributed by atoms with Crippen molar-refractivity contribution in [2.45, 2.75) is 6.92 Å². The molecule has 5 nitrogen and oxygen atoms in total. The molecule has 0 aliphatic carbocycles. The monoisotopic (exact) mass is 183 g/mol. The molecule has 0 aliphatic rings. The number of azide groups is 1. The minimum absolute atomic E-state index is 0.222. The molecular weight excluding hydrogens is 178 g/mol. The number of hydrogen-bond donors (Lipinski definition) is 0. The second-order valence-corrected chi connectivity index (χ2v) is 2.60. The molecule has 0 heterocycles. The van der Waals surface area contributed by atoms with Gasteiger partial charge in [0.25, 0.3) is 0 Å². The Labute approximate surface area is 80.4 Å². The van der Waals surface area contributed by atoms with E-state index in [2.05, 4.69) is 10.0 Å². The van der Waals surface area contributed by atoms with Crippen molar-refractivity contribution in [1.29, 1.82) is 10.5 Å². The third-order valence-electron chi connectivity index (χ3n) is 1.69. The number of nitriles is 2. The van der Waals surface area contributed by atoms with Crippen LogP contribution in [0.25, 0.3) is 10.4 Å². The fourth-order valence-electron chi connectivity index (χ4n) is 1.11. The molecule has 0 atom stereocenters. The van der Waals surface area contributed by atoms with Crippen LogP contribution in [0, 0.1) is 29.6 Å². The number of rotatable bonds is 1. The van der Waals surface area contributed by atoms with Gasteiger partial charge in [0.05, 0.1) is 29.0 Å². The van der Waals surface area contributed by atoms with Gasteiger partial charge in [0.15, 0.2) is 0 Å². The van der Waals surface area contributed by atoms with Gasteiger partial charge >= 0.3 is 0 Å². The molecule has 66 valence electrons. The average molecular weight is 183 g/mol. The SMILES string of the molecule is Cc1cc(C#N)cc(C#N)c1N=[N+]=[N-]. The zero-order chi connectivity index (χ0) is 10.6. The van der Waals surface area contributed by atoms with Crippen molar-refractivity contribution >= 4 is 5.69 Å². The number of hydrogen-bond acceptors (Lipinski definition) is 3. The fraction of sp³-hybridized carbons (Fsp3) is 0.111. The number of aryl methyl sites for hydroxylation is 1. The van der Waals surface area contributed by atoms with Gasteiger partial charge in [0.2, 0.25) is 0 Å². The molecular formula is C9H5N5. The van der Waals surface area contributed by atoms with Crippen LogP contribution in [0.3, 0.4) is 0 Å². The van der Waals surface area contributed by atoms with Gasteiger partial charge in [-0.25, -0.2) is 0 Å². The standard InChI is InChI=1S/C9H5N5/c1-6-2-7(4-10)3-8(5-11)9(6)13-14-12/h2-3H,1H3. The van der Waals surface area contributed by atoms with E-state index < -0.39 is 0 Å². The predicted molar refractivity (Wildman–Crippen MR) is 49.4 cm³/mol. The van der Waals surface area contributed by atoms with Crippen molar-refractivity contribution in [1.82, 2.24) is 0 Å². The average Bonchev–Trinajstić information content (AvgIpc) is 2.20. The van der Waals surface area contributed by atoms with Gasteiger partial charge in [-0.15, -0.1) is 0 Å². The highest BCUT2D eigenvalue weighted by Gasteiger charge is 2.05. The third kappa shape index (κ3) is 1.64. The van der Waals surface area contributed by atoms with Crippen molar-refractivity contribution < 1.29 is 0 Å². The van der Waals surface area contributed by atoms with Crippen LogP contribution >= 0.6 is 0 Å². The minimum Gasteiger partial charge on any atom is -0.192 e. The molecule has 1 aromatic rings. The van der Waals surface area contributed by atoms with Crippen LogP contribution in [-0.2, 0) is 0 Å². The van der Waals surface area contributed by atoms with Crippen LogP contribution in [0.2, 0.25) is 0 Å². The van der Waals surface area contributed by atoms with E-state index in [4.69, 9.17) is 16.1 Å². The number of benzene rings is 1. The van der Waals surface area contributed by atoms with E-state index in [1.807, 2.05) is 12.1 Å². The normalized spacial score (nSPS) is 8.21. The third-order valence-corrected chi connectivity index (χ3v) is 1.69. The first-order valence-electron chi connectivity index (χ1n) is 3.73. The summed E-state index contributed by atoms with van der Waals surface area (Å²) in [7, 11) is 0. The van der Waals surface area contributed by atoms with Gasteiger partial charge in [-0.1, -0.05) is 5.11 Å². The summed E-state index contributed by atoms with van der Waals surface area (Å²) in [5, 5.41) is 20.8. The maximum absolute atomic E-state index is 8.75. The predicted octanol–water partition coefficient (Wildman–Crippen LogP) is 2.68. The van der Waals surface area contributed by atoms with E-state index in [1.165, 1.54) is 6.07 Å². The lowest BCUT2D eigenvalue weighted by Crippen LogP contribution is -1.84. The largest absolute Gasteiger partial charge is 0.192 e. The van der Waals surface area contributed by atoms with Gasteiger partial charge < -0.3 is 0 Å². The molecule has 0 N–H and O–H groups in total. The molecule has 0 bridgehead atoms. The molecule has 0 radical (unpaired) electrons. The molecule has 0 unspecified atom stereocenters. The Bertz CT molecular complexity index is 497. The Kier molecular flexibility index (Phi) is 2.71. The van der Waals surface area contributed by atoms with Gasteiger partial charge in [0.1, 0.15) is 0 Å². The van der Waals surface area contributed by atoms with E-state index in [1.54, 1.807) is 13.0 Å². The molecule has 0 saturated carbocycles. The van der Waals surface area contributed by atoms with E-state index in [9.17, 15) is 0 Å². The molecule has 1 rings (SSSR count). The highest BCUT2D eigenvalue weighted by atomic mass is 15.1. The van der Waals surface area contributed by atoms with Crippen LogP contribution in [0.15, 0.2) is 17.2 Å². The first kappa shape index (κ1) is 9.60. The summed E-state index contributed by atoms with van der Waals surface area (Å²) >= 11 is 0. The zero-order valence-corrected chi connectivity index (χ0v) is 7.39. The van der Waals surface area contributed by atoms with Crippen LogP contribution in [-0.4, -0.2) is 0 Å². The topological polar surface area (TPSA) is 96.3 Å². The van der Waals surface area contributed by atoms with E-state index in [-0.39, 0.29) is 11.3 Å². The van der Waals surface area contributed by atoms with Gasteiger partial charge in [-0.2, -0.15) is 10.5 Å². The molecule has 0 amide bonds. The Balaban J connectivity index is 3.54. The van der Waals surface area contributed by atoms with Crippen LogP contribution in [0.4, 0.5) is 5.69 Å². The summed E-state index contributed by atoms with van der Waals surface area (Å²) in [5.74, 6) is 0. The second kappa shape index (κ2) is 3.95. The molecule has 0 aromatic heterocycles. The molecule has 14 heavy (non-hydrogen) atoms. The van der Waals surface area contributed by atoms with Crippen LogP contribution in [0.5, 0.6) is 0 Å². The fourth-order valence-corrected chi connectivity index (χ4v) is 1.11. The Hall–Kier alpha value is -2.49. The summed E-state index contributed by atoms with van der Waals surface area (Å²) < 4.78 is 0. The van der Waals surface area contributed by atoms with Gasteiger partial charge in [0, 0.05) is 4.91 Å². The first-order valence-corrected chi connectivity index (χ1v) is 3.73. The van der Waals surface area contributed by atoms with Crippen LogP contribution < -0.4 is 0 Å². The quantitative estimate of drug-likeness (QED) is 0.380. The Morgan fingerprint density at radius 3 is 2.57 bits per heavy atom. The lowest BCUT2D eigenvalue weighted by molar-refractivity contribution is 1.33. The maximum Gasteiger partial charge on any atom is 0.0997 e. The van der Waals surface area contributed by atoms with Gasteiger partial charge in [-0.05, 0) is 30.2 Å². The van der Waals surface area contributed by atoms with E-state index in [0.29, 0.717) is 11.1 Å². The van der Waals surface area contributed by atoms with E-state index >= 15 is 0 Å². The van der Waals surface area contributed by atoms with E-state index in [0.717, 1.165) is 0 Å². The van der Waals surface area contributed by atoms with Crippen molar-refractivity contribution in [2.75, 3.05) is 0 Å². The lowest BCUT2D eigenvalue weighted by Gasteiger charge is -2.01.